The number of halogens is 3. The first-order chi connectivity index (χ1) is 11.5. The van der Waals surface area contributed by atoms with E-state index >= 15 is 0 Å². The van der Waals surface area contributed by atoms with E-state index in [-0.39, 0.29) is 11.6 Å². The van der Waals surface area contributed by atoms with Gasteiger partial charge in [0, 0.05) is 20.2 Å². The van der Waals surface area contributed by atoms with Crippen molar-refractivity contribution >= 4 is 50.7 Å². The lowest BCUT2D eigenvalue weighted by Gasteiger charge is -2.03. The van der Waals surface area contributed by atoms with Gasteiger partial charge in [-0.05, 0) is 42.0 Å². The van der Waals surface area contributed by atoms with E-state index in [1.807, 2.05) is 12.1 Å². The number of rotatable bonds is 4. The van der Waals surface area contributed by atoms with E-state index in [4.69, 9.17) is 27.6 Å². The molecule has 0 fully saturated rings. The van der Waals surface area contributed by atoms with Crippen molar-refractivity contribution in [3.05, 3.63) is 80.4 Å². The number of oxazole rings is 1. The van der Waals surface area contributed by atoms with E-state index in [1.165, 1.54) is 6.26 Å². The highest BCUT2D eigenvalue weighted by molar-refractivity contribution is 9.10. The molecule has 122 valence electrons. The SMILES string of the molecule is O=C(Nc1ccc(Br)cc1)c1coc(Cc2c(Cl)cccc2Cl)n1. The molecule has 4 nitrogen and oxygen atoms in total. The molecule has 0 radical (unpaired) electrons. The Morgan fingerprint density at radius 2 is 1.79 bits per heavy atom. The van der Waals surface area contributed by atoms with Crippen molar-refractivity contribution in [3.8, 4) is 0 Å². The second-order valence-corrected chi connectivity index (χ2v) is 6.69. The molecule has 0 unspecified atom stereocenters. The molecule has 0 aliphatic carbocycles. The van der Waals surface area contributed by atoms with Gasteiger partial charge in [0.2, 0.25) is 0 Å². The maximum Gasteiger partial charge on any atom is 0.277 e. The summed E-state index contributed by atoms with van der Waals surface area (Å²) in [7, 11) is 0. The number of anilines is 1. The molecule has 7 heteroatoms. The largest absolute Gasteiger partial charge is 0.448 e. The maximum absolute atomic E-state index is 12.2. The average Bonchev–Trinajstić information content (AvgIpc) is 3.02. The summed E-state index contributed by atoms with van der Waals surface area (Å²) in [6.45, 7) is 0. The highest BCUT2D eigenvalue weighted by atomic mass is 79.9. The number of aromatic nitrogens is 1. The van der Waals surface area contributed by atoms with Crippen molar-refractivity contribution in [1.29, 1.82) is 0 Å². The molecule has 0 spiro atoms. The number of nitrogens with one attached hydrogen (secondary N) is 1. The molecule has 24 heavy (non-hydrogen) atoms. The lowest BCUT2D eigenvalue weighted by molar-refractivity contribution is 0.102. The quantitative estimate of drug-likeness (QED) is 0.592. The molecule has 1 aromatic heterocycles. The molecule has 0 saturated carbocycles. The van der Waals surface area contributed by atoms with Crippen LogP contribution in [0.25, 0.3) is 0 Å². The van der Waals surface area contributed by atoms with Crippen molar-refractivity contribution in [2.24, 2.45) is 0 Å². The van der Waals surface area contributed by atoms with Gasteiger partial charge in [0.15, 0.2) is 11.6 Å². The number of hydrogen-bond acceptors (Lipinski definition) is 3. The zero-order chi connectivity index (χ0) is 17.1. The molecule has 0 bridgehead atoms. The predicted octanol–water partition coefficient (Wildman–Crippen LogP) is 5.59. The minimum absolute atomic E-state index is 0.191. The monoisotopic (exact) mass is 424 g/mol. The predicted molar refractivity (Wildman–Crippen MR) is 97.9 cm³/mol. The molecule has 3 rings (SSSR count). The number of benzene rings is 2. The average molecular weight is 426 g/mol. The summed E-state index contributed by atoms with van der Waals surface area (Å²) >= 11 is 15.6. The Labute approximate surface area is 156 Å². The number of amides is 1. The fraction of sp³-hybridized carbons (Fsp3) is 0.0588. The summed E-state index contributed by atoms with van der Waals surface area (Å²) in [4.78, 5) is 16.4. The Morgan fingerprint density at radius 1 is 1.12 bits per heavy atom. The summed E-state index contributed by atoms with van der Waals surface area (Å²) in [5.74, 6) is 0.0172. The fourth-order valence-corrected chi connectivity index (χ4v) is 2.87. The number of nitrogens with zero attached hydrogens (tertiary/aromatic N) is 1. The van der Waals surface area contributed by atoms with Crippen LogP contribution in [-0.2, 0) is 6.42 Å². The van der Waals surface area contributed by atoms with Crippen LogP contribution < -0.4 is 5.32 Å². The smallest absolute Gasteiger partial charge is 0.277 e. The Morgan fingerprint density at radius 3 is 2.46 bits per heavy atom. The normalized spacial score (nSPS) is 10.6. The molecular weight excluding hydrogens is 415 g/mol. The van der Waals surface area contributed by atoms with Gasteiger partial charge < -0.3 is 9.73 Å². The Balaban J connectivity index is 1.73. The molecular formula is C17H11BrCl2N2O2. The van der Waals surface area contributed by atoms with Crippen LogP contribution in [0.5, 0.6) is 0 Å². The fourth-order valence-electron chi connectivity index (χ4n) is 2.08. The second kappa shape index (κ2) is 7.38. The highest BCUT2D eigenvalue weighted by Crippen LogP contribution is 2.26. The van der Waals surface area contributed by atoms with Crippen molar-refractivity contribution in [1.82, 2.24) is 4.98 Å². The first kappa shape index (κ1) is 17.0. The Bertz CT molecular complexity index is 858. The first-order valence-corrected chi connectivity index (χ1v) is 8.52. The van der Waals surface area contributed by atoms with Crippen LogP contribution in [0.15, 0.2) is 57.6 Å². The van der Waals surface area contributed by atoms with Crippen LogP contribution in [-0.4, -0.2) is 10.9 Å². The van der Waals surface area contributed by atoms with Gasteiger partial charge in [0.1, 0.15) is 6.26 Å². The van der Waals surface area contributed by atoms with Crippen molar-refractivity contribution < 1.29 is 9.21 Å². The van der Waals surface area contributed by atoms with Crippen LogP contribution in [0.4, 0.5) is 5.69 Å². The molecule has 0 aliphatic heterocycles. The molecule has 1 heterocycles. The minimum Gasteiger partial charge on any atom is -0.448 e. The van der Waals surface area contributed by atoms with E-state index in [1.54, 1.807) is 30.3 Å². The molecule has 1 N–H and O–H groups in total. The van der Waals surface area contributed by atoms with E-state index in [0.717, 1.165) is 4.47 Å². The van der Waals surface area contributed by atoms with E-state index in [0.29, 0.717) is 33.6 Å². The summed E-state index contributed by atoms with van der Waals surface area (Å²) in [5.41, 5.74) is 1.57. The highest BCUT2D eigenvalue weighted by Gasteiger charge is 2.15. The van der Waals surface area contributed by atoms with E-state index in [9.17, 15) is 4.79 Å². The van der Waals surface area contributed by atoms with E-state index in [2.05, 4.69) is 26.2 Å². The van der Waals surface area contributed by atoms with Crippen LogP contribution in [0.2, 0.25) is 10.0 Å². The van der Waals surface area contributed by atoms with Gasteiger partial charge in [-0.15, -0.1) is 0 Å². The van der Waals surface area contributed by atoms with Gasteiger partial charge in [0.25, 0.3) is 5.91 Å². The van der Waals surface area contributed by atoms with Gasteiger partial charge in [-0.3, -0.25) is 4.79 Å². The van der Waals surface area contributed by atoms with Crippen LogP contribution in [0, 0.1) is 0 Å². The van der Waals surface area contributed by atoms with Crippen molar-refractivity contribution in [2.45, 2.75) is 6.42 Å². The third kappa shape index (κ3) is 3.98. The third-order valence-electron chi connectivity index (χ3n) is 3.28. The minimum atomic E-state index is -0.349. The molecule has 0 aliphatic rings. The van der Waals surface area contributed by atoms with Gasteiger partial charge in [-0.2, -0.15) is 0 Å². The van der Waals surface area contributed by atoms with Crippen molar-refractivity contribution in [3.63, 3.8) is 0 Å². The molecule has 2 aromatic carbocycles. The first-order valence-electron chi connectivity index (χ1n) is 6.97. The van der Waals surface area contributed by atoms with E-state index < -0.39 is 0 Å². The van der Waals surface area contributed by atoms with Crippen LogP contribution >= 0.6 is 39.1 Å². The molecule has 1 amide bonds. The number of hydrogen-bond donors (Lipinski definition) is 1. The lowest BCUT2D eigenvalue weighted by Crippen LogP contribution is -2.12. The maximum atomic E-state index is 12.2. The molecule has 0 saturated heterocycles. The summed E-state index contributed by atoms with van der Waals surface area (Å²) in [6.07, 6.45) is 1.62. The number of carbonyl (C=O) groups is 1. The van der Waals surface area contributed by atoms with Crippen LogP contribution in [0.1, 0.15) is 21.9 Å². The van der Waals surface area contributed by atoms with Gasteiger partial charge >= 0.3 is 0 Å². The topological polar surface area (TPSA) is 55.1 Å². The summed E-state index contributed by atoms with van der Waals surface area (Å²) < 4.78 is 6.29. The van der Waals surface area contributed by atoms with Crippen LogP contribution in [0.3, 0.4) is 0 Å². The summed E-state index contributed by atoms with van der Waals surface area (Å²) in [5, 5.41) is 3.81. The zero-order valence-electron chi connectivity index (χ0n) is 12.2. The Kier molecular flexibility index (Phi) is 5.23. The zero-order valence-corrected chi connectivity index (χ0v) is 15.3. The second-order valence-electron chi connectivity index (χ2n) is 4.96. The Hall–Kier alpha value is -1.82. The van der Waals surface area contributed by atoms with Gasteiger partial charge in [0.05, 0.1) is 6.42 Å². The molecule has 0 atom stereocenters. The van der Waals surface area contributed by atoms with Crippen molar-refractivity contribution in [2.75, 3.05) is 5.32 Å². The third-order valence-corrected chi connectivity index (χ3v) is 4.51. The van der Waals surface area contributed by atoms with Gasteiger partial charge in [-0.25, -0.2) is 4.98 Å². The standard InChI is InChI=1S/C17H11BrCl2N2O2/c18-10-4-6-11(7-5-10)21-17(23)15-9-24-16(22-15)8-12-13(19)2-1-3-14(12)20/h1-7,9H,8H2,(H,21,23). The molecule has 3 aromatic rings. The van der Waals surface area contributed by atoms with Gasteiger partial charge in [-0.1, -0.05) is 45.2 Å². The summed E-state index contributed by atoms with van der Waals surface area (Å²) in [6, 6.07) is 12.5. The number of carbonyl (C=O) groups excluding carboxylic acids is 1. The lowest BCUT2D eigenvalue weighted by atomic mass is 10.1.